The molecule has 1 aliphatic carbocycles. The number of aliphatic hydroxyl groups excluding tert-OH is 1. The van der Waals surface area contributed by atoms with E-state index in [9.17, 15) is 32.7 Å². The molecule has 0 aliphatic heterocycles. The second-order valence-corrected chi connectivity index (χ2v) is 11.8. The number of urea groups is 1. The second-order valence-electron chi connectivity index (χ2n) is 11.4. The van der Waals surface area contributed by atoms with Gasteiger partial charge in [-0.15, -0.1) is 0 Å². The number of hydrogen-bond donors (Lipinski definition) is 4. The summed E-state index contributed by atoms with van der Waals surface area (Å²) in [7, 11) is 0. The molecular weight excluding hydrogens is 563 g/mol. The molecule has 0 bridgehead atoms. The minimum absolute atomic E-state index is 0.0221. The molecule has 3 amide bonds. The molecule has 8 nitrogen and oxygen atoms in total. The van der Waals surface area contributed by atoms with Crippen molar-refractivity contribution >= 4 is 35.2 Å². The lowest BCUT2D eigenvalue weighted by Gasteiger charge is -2.41. The van der Waals surface area contributed by atoms with E-state index in [1.807, 2.05) is 0 Å². The van der Waals surface area contributed by atoms with Gasteiger partial charge in [0.25, 0.3) is 5.91 Å². The number of amides is 3. The Labute approximate surface area is 241 Å². The maximum Gasteiger partial charge on any atom is 0.416 e. The Morgan fingerprint density at radius 3 is 2.17 bits per heavy atom. The zero-order valence-electron chi connectivity index (χ0n) is 23.1. The summed E-state index contributed by atoms with van der Waals surface area (Å²) in [6.45, 7) is 6.21. The number of nitrogens with zero attached hydrogens (tertiary/aromatic N) is 1. The van der Waals surface area contributed by atoms with Gasteiger partial charge in [-0.1, -0.05) is 44.5 Å². The van der Waals surface area contributed by atoms with Crippen LogP contribution in [0, 0.1) is 11.3 Å². The van der Waals surface area contributed by atoms with Gasteiger partial charge < -0.3 is 25.7 Å². The Morgan fingerprint density at radius 1 is 1.02 bits per heavy atom. The van der Waals surface area contributed by atoms with Gasteiger partial charge in [0.15, 0.2) is 6.10 Å². The summed E-state index contributed by atoms with van der Waals surface area (Å²) in [4.78, 5) is 38.2. The third-order valence-corrected chi connectivity index (χ3v) is 7.80. The summed E-state index contributed by atoms with van der Waals surface area (Å²) in [5, 5.41) is 23.0. The van der Waals surface area contributed by atoms with Crippen molar-refractivity contribution < 1.29 is 37.8 Å². The van der Waals surface area contributed by atoms with Crippen LogP contribution in [0.2, 0.25) is 5.02 Å². The number of carbonyl (C=O) groups is 3. The van der Waals surface area contributed by atoms with Crippen LogP contribution in [-0.4, -0.2) is 51.7 Å². The van der Waals surface area contributed by atoms with E-state index in [4.69, 9.17) is 16.7 Å². The fourth-order valence-corrected chi connectivity index (χ4v) is 5.11. The van der Waals surface area contributed by atoms with Gasteiger partial charge in [0, 0.05) is 18.2 Å². The SMILES string of the molecule is CC(C)(C)C1CCC(N(Cc2ccc(C(=O)NC[C@@H](O)C(=O)O)cc2)C(=O)Nc2cc(C(F)(F)F)ccc2Cl)CC1. The summed E-state index contributed by atoms with van der Waals surface area (Å²) >= 11 is 6.13. The van der Waals surface area contributed by atoms with E-state index in [-0.39, 0.29) is 34.3 Å². The lowest BCUT2D eigenvalue weighted by atomic mass is 9.71. The highest BCUT2D eigenvalue weighted by molar-refractivity contribution is 6.33. The van der Waals surface area contributed by atoms with Gasteiger partial charge in [0.1, 0.15) is 0 Å². The summed E-state index contributed by atoms with van der Waals surface area (Å²) in [5.41, 5.74) is -0.0608. The molecule has 12 heteroatoms. The van der Waals surface area contributed by atoms with Crippen molar-refractivity contribution in [3.05, 3.63) is 64.2 Å². The van der Waals surface area contributed by atoms with Crippen LogP contribution in [0.1, 0.15) is 67.9 Å². The number of halogens is 4. The molecule has 41 heavy (non-hydrogen) atoms. The van der Waals surface area contributed by atoms with Crippen LogP contribution in [0.5, 0.6) is 0 Å². The quantitative estimate of drug-likeness (QED) is 0.290. The molecule has 0 radical (unpaired) electrons. The smallest absolute Gasteiger partial charge is 0.416 e. The maximum absolute atomic E-state index is 13.5. The Morgan fingerprint density at radius 2 is 1.63 bits per heavy atom. The predicted octanol–water partition coefficient (Wildman–Crippen LogP) is 6.17. The first kappa shape index (κ1) is 32.2. The Bertz CT molecular complexity index is 1240. The number of carbonyl (C=O) groups excluding carboxylic acids is 2. The van der Waals surface area contributed by atoms with Gasteiger partial charge in [0.2, 0.25) is 0 Å². The molecule has 0 heterocycles. The first-order chi connectivity index (χ1) is 19.1. The zero-order chi connectivity index (χ0) is 30.5. The number of anilines is 1. The van der Waals surface area contributed by atoms with Crippen LogP contribution in [0.3, 0.4) is 0 Å². The largest absolute Gasteiger partial charge is 0.479 e. The highest BCUT2D eigenvalue weighted by Gasteiger charge is 2.35. The van der Waals surface area contributed by atoms with E-state index >= 15 is 0 Å². The van der Waals surface area contributed by atoms with E-state index in [1.54, 1.807) is 17.0 Å². The summed E-state index contributed by atoms with van der Waals surface area (Å²) < 4.78 is 39.9. The van der Waals surface area contributed by atoms with Crippen molar-refractivity contribution in [1.29, 1.82) is 0 Å². The molecule has 3 rings (SSSR count). The Balaban J connectivity index is 1.80. The molecule has 0 saturated heterocycles. The lowest BCUT2D eigenvalue weighted by Crippen LogP contribution is -2.45. The Kier molecular flexibility index (Phi) is 10.3. The number of alkyl halides is 3. The average Bonchev–Trinajstić information content (AvgIpc) is 2.90. The van der Waals surface area contributed by atoms with Crippen LogP contribution in [0.4, 0.5) is 23.7 Å². The van der Waals surface area contributed by atoms with Gasteiger partial charge >= 0.3 is 18.2 Å². The van der Waals surface area contributed by atoms with Gasteiger partial charge in [-0.25, -0.2) is 9.59 Å². The molecule has 4 N–H and O–H groups in total. The summed E-state index contributed by atoms with van der Waals surface area (Å²) in [5.74, 6) is -1.56. The molecule has 224 valence electrons. The predicted molar refractivity (Wildman–Crippen MR) is 149 cm³/mol. The average molecular weight is 598 g/mol. The van der Waals surface area contributed by atoms with Gasteiger partial charge in [-0.05, 0) is 72.9 Å². The van der Waals surface area contributed by atoms with Gasteiger partial charge in [0.05, 0.1) is 22.8 Å². The van der Waals surface area contributed by atoms with Crippen molar-refractivity contribution in [2.75, 3.05) is 11.9 Å². The van der Waals surface area contributed by atoms with Crippen LogP contribution in [0.15, 0.2) is 42.5 Å². The molecule has 0 spiro atoms. The molecule has 0 unspecified atom stereocenters. The fourth-order valence-electron chi connectivity index (χ4n) is 4.94. The van der Waals surface area contributed by atoms with Crippen LogP contribution in [-0.2, 0) is 17.5 Å². The van der Waals surface area contributed by atoms with Crippen LogP contribution in [0.25, 0.3) is 0 Å². The third kappa shape index (κ3) is 8.84. The van der Waals surface area contributed by atoms with E-state index in [2.05, 4.69) is 31.4 Å². The van der Waals surface area contributed by atoms with Crippen LogP contribution >= 0.6 is 11.6 Å². The maximum atomic E-state index is 13.5. The molecule has 1 fully saturated rings. The number of carboxylic acids is 1. The van der Waals surface area contributed by atoms with Crippen molar-refractivity contribution in [2.24, 2.45) is 11.3 Å². The number of nitrogens with one attached hydrogen (secondary N) is 2. The normalized spacial score (nSPS) is 18.3. The van der Waals surface area contributed by atoms with Gasteiger partial charge in [-0.2, -0.15) is 13.2 Å². The lowest BCUT2D eigenvalue weighted by molar-refractivity contribution is -0.146. The first-order valence-electron chi connectivity index (χ1n) is 13.3. The van der Waals surface area contributed by atoms with E-state index in [0.717, 1.165) is 43.9 Å². The molecule has 1 saturated carbocycles. The monoisotopic (exact) mass is 597 g/mol. The zero-order valence-corrected chi connectivity index (χ0v) is 23.9. The minimum atomic E-state index is -4.60. The van der Waals surface area contributed by atoms with E-state index in [0.29, 0.717) is 11.5 Å². The molecule has 1 atom stereocenters. The Hall–Kier alpha value is -3.31. The highest BCUT2D eigenvalue weighted by atomic mass is 35.5. The number of benzene rings is 2. The van der Waals surface area contributed by atoms with Crippen molar-refractivity contribution in [1.82, 2.24) is 10.2 Å². The summed E-state index contributed by atoms with van der Waals surface area (Å²) in [6.07, 6.45) is -3.11. The third-order valence-electron chi connectivity index (χ3n) is 7.47. The minimum Gasteiger partial charge on any atom is -0.479 e. The molecule has 2 aromatic carbocycles. The van der Waals surface area contributed by atoms with Crippen molar-refractivity contribution in [3.8, 4) is 0 Å². The molecule has 2 aromatic rings. The number of rotatable bonds is 8. The fraction of sp³-hybridized carbons (Fsp3) is 0.483. The standard InChI is InChI=1S/C29H35ClF3N3O5/c1-28(2,3)19-8-11-21(12-9-19)36(27(41)35-23-14-20(29(31,32)33)10-13-22(23)30)16-17-4-6-18(7-5-17)25(38)34-15-24(37)26(39)40/h4-7,10,13-14,19,21,24,37H,8-9,11-12,15-16H2,1-3H3,(H,34,38)(H,35,41)(H,39,40)/t19?,21?,24-/m1/s1. The molecule has 0 aromatic heterocycles. The van der Waals surface area contributed by atoms with Gasteiger partial charge in [-0.3, -0.25) is 4.79 Å². The first-order valence-corrected chi connectivity index (χ1v) is 13.7. The number of aliphatic carboxylic acids is 1. The van der Waals surface area contributed by atoms with Crippen molar-refractivity contribution in [2.45, 2.75) is 71.3 Å². The molecule has 1 aliphatic rings. The van der Waals surface area contributed by atoms with Crippen LogP contribution < -0.4 is 10.6 Å². The number of carboxylic acid groups (broad SMARTS) is 1. The summed E-state index contributed by atoms with van der Waals surface area (Å²) in [6, 6.07) is 8.29. The second kappa shape index (κ2) is 13.1. The molecular formula is C29H35ClF3N3O5. The topological polar surface area (TPSA) is 119 Å². The highest BCUT2D eigenvalue weighted by Crippen LogP contribution is 2.40. The van der Waals surface area contributed by atoms with E-state index in [1.165, 1.54) is 12.1 Å². The van der Waals surface area contributed by atoms with Crippen molar-refractivity contribution in [3.63, 3.8) is 0 Å². The number of aliphatic hydroxyl groups is 1. The van der Waals surface area contributed by atoms with E-state index < -0.39 is 42.3 Å². The number of hydrogen-bond acceptors (Lipinski definition) is 4.